The van der Waals surface area contributed by atoms with Crippen LogP contribution < -0.4 is 0 Å². The van der Waals surface area contributed by atoms with E-state index in [1.807, 2.05) is 0 Å². The molecule has 2 saturated heterocycles. The van der Waals surface area contributed by atoms with Crippen molar-refractivity contribution in [3.63, 3.8) is 0 Å². The second-order valence-corrected chi connectivity index (χ2v) is 12.2. The minimum Gasteiger partial charge on any atom is -0.349 e. The van der Waals surface area contributed by atoms with Crippen molar-refractivity contribution in [2.24, 2.45) is 11.8 Å². The number of ether oxygens (including phenoxy) is 1. The monoisotopic (exact) mass is 544 g/mol. The van der Waals surface area contributed by atoms with Crippen LogP contribution in [0.5, 0.6) is 0 Å². The van der Waals surface area contributed by atoms with Crippen LogP contribution in [0.15, 0.2) is 121 Å². The van der Waals surface area contributed by atoms with Crippen LogP contribution in [-0.2, 0) is 15.9 Å². The average molecular weight is 545 g/mol. The fraction of sp³-hybridized carbons (Fsp3) is 0.368. The maximum absolute atomic E-state index is 8.28. The van der Waals surface area contributed by atoms with Crippen LogP contribution in [0.4, 0.5) is 0 Å². The van der Waals surface area contributed by atoms with E-state index in [-0.39, 0.29) is 0 Å². The van der Waals surface area contributed by atoms with Gasteiger partial charge in [0.2, 0.25) is 0 Å². The van der Waals surface area contributed by atoms with E-state index in [1.54, 1.807) is 0 Å². The number of piperidine rings is 2. The molecule has 41 heavy (non-hydrogen) atoms. The van der Waals surface area contributed by atoms with Crippen LogP contribution in [-0.4, -0.2) is 50.1 Å². The van der Waals surface area contributed by atoms with E-state index in [4.69, 9.17) is 4.74 Å². The lowest BCUT2D eigenvalue weighted by molar-refractivity contribution is -0.190. The number of hydrogen-bond donors (Lipinski definition) is 0. The highest BCUT2D eigenvalue weighted by atomic mass is 16.5. The van der Waals surface area contributed by atoms with E-state index >= 15 is 0 Å². The highest BCUT2D eigenvalue weighted by Gasteiger charge is 2.54. The van der Waals surface area contributed by atoms with Crippen molar-refractivity contribution < 1.29 is 4.74 Å². The fourth-order valence-electron chi connectivity index (χ4n) is 7.51. The molecule has 2 aliphatic rings. The molecule has 212 valence electrons. The van der Waals surface area contributed by atoms with Gasteiger partial charge in [-0.05, 0) is 100 Å². The Kier molecular flexibility index (Phi) is 8.39. The van der Waals surface area contributed by atoms with Gasteiger partial charge in [0.25, 0.3) is 0 Å². The predicted octanol–water partition coefficient (Wildman–Crippen LogP) is 7.57. The molecule has 4 aromatic rings. The summed E-state index contributed by atoms with van der Waals surface area (Å²) < 4.78 is 8.28. The zero-order chi connectivity index (χ0) is 28.1. The Morgan fingerprint density at radius 2 is 0.683 bits per heavy atom. The van der Waals surface area contributed by atoms with E-state index < -0.39 is 11.2 Å². The van der Waals surface area contributed by atoms with E-state index in [2.05, 4.69) is 145 Å². The Hall–Kier alpha value is -3.24. The third kappa shape index (κ3) is 5.39. The van der Waals surface area contributed by atoms with Crippen LogP contribution in [0.25, 0.3) is 0 Å². The highest BCUT2D eigenvalue weighted by molar-refractivity contribution is 5.43. The maximum atomic E-state index is 8.28. The van der Waals surface area contributed by atoms with Gasteiger partial charge in [0.1, 0.15) is 11.2 Å². The van der Waals surface area contributed by atoms with Crippen molar-refractivity contribution in [1.82, 2.24) is 9.80 Å². The maximum Gasteiger partial charge on any atom is 0.123 e. The minimum absolute atomic E-state index is 0.335. The zero-order valence-electron chi connectivity index (χ0n) is 24.7. The second-order valence-electron chi connectivity index (χ2n) is 12.2. The molecule has 0 amide bonds. The van der Waals surface area contributed by atoms with Crippen LogP contribution in [0.1, 0.15) is 47.9 Å². The molecule has 6 rings (SSSR count). The molecular formula is C38H44N2O. The van der Waals surface area contributed by atoms with Gasteiger partial charge in [-0.25, -0.2) is 0 Å². The van der Waals surface area contributed by atoms with Crippen molar-refractivity contribution in [1.29, 1.82) is 0 Å². The summed E-state index contributed by atoms with van der Waals surface area (Å²) in [6.45, 7) is 4.31. The molecule has 0 aromatic heterocycles. The summed E-state index contributed by atoms with van der Waals surface area (Å²) in [6, 6.07) is 44.5. The average Bonchev–Trinajstić information content (AvgIpc) is 3.05. The number of nitrogens with zero attached hydrogens (tertiary/aromatic N) is 2. The number of rotatable bonds is 8. The molecule has 4 aromatic carbocycles. The Morgan fingerprint density at radius 1 is 0.439 bits per heavy atom. The molecule has 0 spiro atoms. The molecule has 0 bridgehead atoms. The lowest BCUT2D eigenvalue weighted by atomic mass is 9.67. The molecular weight excluding hydrogens is 500 g/mol. The lowest BCUT2D eigenvalue weighted by Crippen LogP contribution is -2.54. The summed E-state index contributed by atoms with van der Waals surface area (Å²) in [5.74, 6) is 0.670. The van der Waals surface area contributed by atoms with Gasteiger partial charge in [0, 0.05) is 0 Å². The fourth-order valence-corrected chi connectivity index (χ4v) is 7.51. The van der Waals surface area contributed by atoms with Gasteiger partial charge in [-0.2, -0.15) is 0 Å². The van der Waals surface area contributed by atoms with Gasteiger partial charge in [-0.3, -0.25) is 0 Å². The number of benzene rings is 4. The summed E-state index contributed by atoms with van der Waals surface area (Å²) in [6.07, 6.45) is 4.36. The number of hydrogen-bond acceptors (Lipinski definition) is 3. The van der Waals surface area contributed by atoms with Crippen molar-refractivity contribution in [3.8, 4) is 0 Å². The molecule has 0 unspecified atom stereocenters. The normalized spacial score (nSPS) is 18.4. The SMILES string of the molecule is CN1CCC(C(OC(c2ccccc2)(c2ccccc2)C2CCN(C)CC2)(c2ccccc2)c2ccccc2)CC1. The van der Waals surface area contributed by atoms with Crippen molar-refractivity contribution in [2.45, 2.75) is 36.9 Å². The van der Waals surface area contributed by atoms with E-state index in [0.29, 0.717) is 11.8 Å². The standard InChI is InChI=1S/C38H44N2O/c1-39-27-23-35(24-28-39)37(31-15-7-3-8-16-31,32-17-9-4-10-18-32)41-38(33-19-11-5-12-20-33,34-21-13-6-14-22-34)36-25-29-40(2)30-26-36/h3-22,35-36H,23-30H2,1-2H3. The van der Waals surface area contributed by atoms with Gasteiger partial charge >= 0.3 is 0 Å². The van der Waals surface area contributed by atoms with Crippen LogP contribution in [0.2, 0.25) is 0 Å². The Balaban J connectivity index is 1.65. The largest absolute Gasteiger partial charge is 0.349 e. The predicted molar refractivity (Wildman–Crippen MR) is 169 cm³/mol. The molecule has 3 nitrogen and oxygen atoms in total. The minimum atomic E-state index is -0.612. The smallest absolute Gasteiger partial charge is 0.123 e. The summed E-state index contributed by atoms with van der Waals surface area (Å²) in [5, 5.41) is 0. The number of likely N-dealkylation sites (tertiary alicyclic amines) is 2. The molecule has 3 heteroatoms. The van der Waals surface area contributed by atoms with E-state index in [1.165, 1.54) is 22.3 Å². The third-order valence-electron chi connectivity index (χ3n) is 9.72. The molecule has 2 heterocycles. The first kappa shape index (κ1) is 27.9. The Labute approximate surface area is 246 Å². The molecule has 0 saturated carbocycles. The Morgan fingerprint density at radius 3 is 0.927 bits per heavy atom. The Bertz CT molecular complexity index is 1160. The quantitative estimate of drug-likeness (QED) is 0.227. The first-order valence-corrected chi connectivity index (χ1v) is 15.4. The summed E-state index contributed by atoms with van der Waals surface area (Å²) in [7, 11) is 4.50. The van der Waals surface area contributed by atoms with Gasteiger partial charge in [0.15, 0.2) is 0 Å². The van der Waals surface area contributed by atoms with Gasteiger partial charge in [0.05, 0.1) is 0 Å². The van der Waals surface area contributed by atoms with Gasteiger partial charge in [-0.15, -0.1) is 0 Å². The molecule has 0 N–H and O–H groups in total. The van der Waals surface area contributed by atoms with Crippen molar-refractivity contribution in [3.05, 3.63) is 144 Å². The molecule has 2 aliphatic heterocycles. The zero-order valence-corrected chi connectivity index (χ0v) is 24.7. The van der Waals surface area contributed by atoms with E-state index in [9.17, 15) is 0 Å². The second kappa shape index (κ2) is 12.3. The molecule has 2 fully saturated rings. The summed E-state index contributed by atoms with van der Waals surface area (Å²) >= 11 is 0. The van der Waals surface area contributed by atoms with Crippen LogP contribution in [0.3, 0.4) is 0 Å². The summed E-state index contributed by atoms with van der Waals surface area (Å²) in [5.41, 5.74) is 3.79. The van der Waals surface area contributed by atoms with Crippen LogP contribution in [0, 0.1) is 11.8 Å². The topological polar surface area (TPSA) is 15.7 Å². The molecule has 0 aliphatic carbocycles. The summed E-state index contributed by atoms with van der Waals surface area (Å²) in [4.78, 5) is 4.94. The highest BCUT2D eigenvalue weighted by Crippen LogP contribution is 2.55. The first-order valence-electron chi connectivity index (χ1n) is 15.4. The van der Waals surface area contributed by atoms with Crippen molar-refractivity contribution in [2.75, 3.05) is 40.3 Å². The van der Waals surface area contributed by atoms with Gasteiger partial charge in [-0.1, -0.05) is 121 Å². The van der Waals surface area contributed by atoms with Gasteiger partial charge < -0.3 is 14.5 Å². The van der Waals surface area contributed by atoms with E-state index in [0.717, 1.165) is 51.9 Å². The molecule has 0 atom stereocenters. The first-order chi connectivity index (χ1) is 20.1. The lowest BCUT2D eigenvalue weighted by Gasteiger charge is -2.54. The van der Waals surface area contributed by atoms with Crippen molar-refractivity contribution >= 4 is 0 Å². The van der Waals surface area contributed by atoms with Crippen LogP contribution >= 0.6 is 0 Å². The third-order valence-corrected chi connectivity index (χ3v) is 9.72. The molecule has 0 radical (unpaired) electrons.